The van der Waals surface area contributed by atoms with Crippen LogP contribution in [0, 0.1) is 0 Å². The molecule has 0 radical (unpaired) electrons. The fourth-order valence-electron chi connectivity index (χ4n) is 1.47. The van der Waals surface area contributed by atoms with Crippen LogP contribution in [0.3, 0.4) is 0 Å². The summed E-state index contributed by atoms with van der Waals surface area (Å²) in [6.07, 6.45) is -3.73. The lowest BCUT2D eigenvalue weighted by molar-refractivity contribution is -0.137. The molecule has 1 amide bonds. The molecule has 0 bridgehead atoms. The molecule has 18 heavy (non-hydrogen) atoms. The molecule has 0 atom stereocenters. The summed E-state index contributed by atoms with van der Waals surface area (Å²) < 4.78 is 38.5. The minimum Gasteiger partial charge on any atom is -0.385 e. The van der Waals surface area contributed by atoms with Crippen molar-refractivity contribution in [3.05, 3.63) is 23.8 Å². The summed E-state index contributed by atoms with van der Waals surface area (Å²) >= 11 is 0. The van der Waals surface area contributed by atoms with E-state index in [-0.39, 0.29) is 11.4 Å². The molecular weight excluding hydrogens is 245 g/mol. The second-order valence-corrected chi connectivity index (χ2v) is 3.87. The summed E-state index contributed by atoms with van der Waals surface area (Å²) in [5, 5.41) is 5.05. The van der Waals surface area contributed by atoms with E-state index in [1.165, 1.54) is 19.1 Å². The maximum Gasteiger partial charge on any atom is 0.418 e. The van der Waals surface area contributed by atoms with E-state index in [2.05, 4.69) is 10.6 Å². The van der Waals surface area contributed by atoms with Crippen LogP contribution in [0.25, 0.3) is 0 Å². The highest BCUT2D eigenvalue weighted by atomic mass is 19.4. The van der Waals surface area contributed by atoms with Crippen LogP contribution in [0.15, 0.2) is 18.2 Å². The van der Waals surface area contributed by atoms with E-state index < -0.39 is 17.6 Å². The van der Waals surface area contributed by atoms with E-state index >= 15 is 0 Å². The predicted molar refractivity (Wildman–Crippen MR) is 64.5 cm³/mol. The minimum absolute atomic E-state index is 0.0263. The Hall–Kier alpha value is -1.72. The van der Waals surface area contributed by atoms with Gasteiger partial charge >= 0.3 is 6.18 Å². The summed E-state index contributed by atoms with van der Waals surface area (Å²) in [7, 11) is 0. The van der Waals surface area contributed by atoms with Gasteiger partial charge < -0.3 is 10.6 Å². The first kappa shape index (κ1) is 14.3. The summed E-state index contributed by atoms with van der Waals surface area (Å²) in [5.41, 5.74) is -0.613. The van der Waals surface area contributed by atoms with Gasteiger partial charge in [0.1, 0.15) is 0 Å². The number of hydrogen-bond donors (Lipinski definition) is 2. The zero-order valence-corrected chi connectivity index (χ0v) is 10.2. The number of carbonyl (C=O) groups excluding carboxylic acids is 1. The number of anilines is 2. The second kappa shape index (κ2) is 5.75. The number of alkyl halides is 3. The van der Waals surface area contributed by atoms with Crippen LogP contribution in [0.4, 0.5) is 24.5 Å². The van der Waals surface area contributed by atoms with Crippen molar-refractivity contribution < 1.29 is 18.0 Å². The molecule has 2 N–H and O–H groups in total. The Morgan fingerprint density at radius 2 is 2.00 bits per heavy atom. The molecule has 1 aromatic carbocycles. The minimum atomic E-state index is -4.45. The first-order valence-electron chi connectivity index (χ1n) is 5.57. The molecule has 0 aliphatic carbocycles. The average molecular weight is 260 g/mol. The van der Waals surface area contributed by atoms with Gasteiger partial charge in [-0.15, -0.1) is 0 Å². The first-order valence-corrected chi connectivity index (χ1v) is 5.57. The Bertz CT molecular complexity index is 430. The van der Waals surface area contributed by atoms with Gasteiger partial charge in [-0.3, -0.25) is 4.79 Å². The number of rotatable bonds is 4. The molecule has 0 aliphatic heterocycles. The Labute approximate surface area is 103 Å². The largest absolute Gasteiger partial charge is 0.418 e. The molecule has 0 heterocycles. The number of nitrogens with one attached hydrogen (secondary N) is 2. The van der Waals surface area contributed by atoms with Gasteiger partial charge in [-0.2, -0.15) is 13.2 Å². The number of carbonyl (C=O) groups is 1. The molecule has 0 saturated heterocycles. The number of amides is 1. The van der Waals surface area contributed by atoms with Gasteiger partial charge in [0, 0.05) is 24.8 Å². The van der Waals surface area contributed by atoms with Crippen LogP contribution in [0.1, 0.15) is 25.8 Å². The van der Waals surface area contributed by atoms with Gasteiger partial charge in [-0.05, 0) is 24.6 Å². The first-order chi connectivity index (χ1) is 8.34. The lowest BCUT2D eigenvalue weighted by Gasteiger charge is -2.15. The molecule has 0 aliphatic rings. The van der Waals surface area contributed by atoms with Gasteiger partial charge in [-0.1, -0.05) is 6.92 Å². The normalized spacial score (nSPS) is 11.2. The molecule has 0 saturated carbocycles. The highest BCUT2D eigenvalue weighted by Crippen LogP contribution is 2.36. The van der Waals surface area contributed by atoms with Gasteiger partial charge in [0.15, 0.2) is 0 Å². The van der Waals surface area contributed by atoms with Crippen LogP contribution < -0.4 is 10.6 Å². The highest BCUT2D eigenvalue weighted by molar-refractivity contribution is 5.89. The maximum atomic E-state index is 12.8. The molecular formula is C12H15F3N2O. The number of benzene rings is 1. The fraction of sp³-hybridized carbons (Fsp3) is 0.417. The molecule has 0 fully saturated rings. The molecule has 6 heteroatoms. The molecule has 0 aromatic heterocycles. The average Bonchev–Trinajstić information content (AvgIpc) is 2.25. The van der Waals surface area contributed by atoms with E-state index in [1.54, 1.807) is 0 Å². The zero-order valence-electron chi connectivity index (χ0n) is 10.2. The molecule has 100 valence electrons. The summed E-state index contributed by atoms with van der Waals surface area (Å²) in [6.45, 7) is 3.57. The van der Waals surface area contributed by atoms with Crippen molar-refractivity contribution in [3.8, 4) is 0 Å². The smallest absolute Gasteiger partial charge is 0.385 e. The topological polar surface area (TPSA) is 41.1 Å². The number of hydrogen-bond acceptors (Lipinski definition) is 2. The van der Waals surface area contributed by atoms with E-state index in [9.17, 15) is 18.0 Å². The highest BCUT2D eigenvalue weighted by Gasteiger charge is 2.33. The van der Waals surface area contributed by atoms with Crippen molar-refractivity contribution in [3.63, 3.8) is 0 Å². The van der Waals surface area contributed by atoms with Gasteiger partial charge in [-0.25, -0.2) is 0 Å². The third-order valence-electron chi connectivity index (χ3n) is 2.21. The van der Waals surface area contributed by atoms with Crippen molar-refractivity contribution in [2.45, 2.75) is 26.4 Å². The fourth-order valence-corrected chi connectivity index (χ4v) is 1.47. The lowest BCUT2D eigenvalue weighted by atomic mass is 10.1. The third-order valence-corrected chi connectivity index (χ3v) is 2.21. The Balaban J connectivity index is 3.08. The second-order valence-electron chi connectivity index (χ2n) is 3.87. The third kappa shape index (κ3) is 3.94. The molecule has 1 aromatic rings. The standard InChI is InChI=1S/C12H15F3N2O/c1-3-6-16-11-5-4-9(17-8(2)18)7-10(11)12(13,14)15/h4-5,7,16H,3,6H2,1-2H3,(H,17,18). The number of halogens is 3. The van der Waals surface area contributed by atoms with E-state index in [0.717, 1.165) is 12.5 Å². The van der Waals surface area contributed by atoms with Gasteiger partial charge in [0.05, 0.1) is 5.56 Å². The van der Waals surface area contributed by atoms with E-state index in [0.29, 0.717) is 6.54 Å². The van der Waals surface area contributed by atoms with E-state index in [4.69, 9.17) is 0 Å². The van der Waals surface area contributed by atoms with Crippen molar-refractivity contribution in [1.82, 2.24) is 0 Å². The van der Waals surface area contributed by atoms with Crippen LogP contribution >= 0.6 is 0 Å². The van der Waals surface area contributed by atoms with E-state index in [1.807, 2.05) is 6.92 Å². The van der Waals surface area contributed by atoms with Crippen molar-refractivity contribution in [1.29, 1.82) is 0 Å². The molecule has 0 unspecified atom stereocenters. The molecule has 0 spiro atoms. The summed E-state index contributed by atoms with van der Waals surface area (Å²) in [5.74, 6) is -0.405. The summed E-state index contributed by atoms with van der Waals surface area (Å²) in [6, 6.07) is 3.69. The molecule has 3 nitrogen and oxygen atoms in total. The van der Waals surface area contributed by atoms with Crippen LogP contribution in [0.5, 0.6) is 0 Å². The SMILES string of the molecule is CCCNc1ccc(NC(C)=O)cc1C(F)(F)F. The van der Waals surface area contributed by atoms with Crippen molar-refractivity contribution in [2.75, 3.05) is 17.2 Å². The monoisotopic (exact) mass is 260 g/mol. The van der Waals surface area contributed by atoms with Crippen LogP contribution in [-0.4, -0.2) is 12.5 Å². The maximum absolute atomic E-state index is 12.8. The molecule has 1 rings (SSSR count). The quantitative estimate of drug-likeness (QED) is 0.870. The predicted octanol–water partition coefficient (Wildman–Crippen LogP) is 3.49. The Morgan fingerprint density at radius 1 is 1.33 bits per heavy atom. The van der Waals surface area contributed by atoms with Gasteiger partial charge in [0.2, 0.25) is 5.91 Å². The van der Waals surface area contributed by atoms with Crippen molar-refractivity contribution in [2.24, 2.45) is 0 Å². The zero-order chi connectivity index (χ0) is 13.8. The van der Waals surface area contributed by atoms with Crippen LogP contribution in [-0.2, 0) is 11.0 Å². The lowest BCUT2D eigenvalue weighted by Crippen LogP contribution is -2.13. The van der Waals surface area contributed by atoms with Crippen molar-refractivity contribution >= 4 is 17.3 Å². The summed E-state index contributed by atoms with van der Waals surface area (Å²) in [4.78, 5) is 10.8. The van der Waals surface area contributed by atoms with Gasteiger partial charge in [0.25, 0.3) is 0 Å². The Kier molecular flexibility index (Phi) is 4.58. The Morgan fingerprint density at radius 3 is 2.50 bits per heavy atom. The van der Waals surface area contributed by atoms with Crippen LogP contribution in [0.2, 0.25) is 0 Å².